The SMILES string of the molecule is C=C[C@]1(C)[C@@H]2C(=C)C(=O)O[C@@H]2[C@H]2C(=C)C(=O)O[C@H]2[C@@H]1OC(=O)/C(C)=C/C. The number of esters is 3. The lowest BCUT2D eigenvalue weighted by Crippen LogP contribution is -2.59. The second-order valence-electron chi connectivity index (χ2n) is 7.16. The summed E-state index contributed by atoms with van der Waals surface area (Å²) in [5, 5.41) is 0. The number of ether oxygens (including phenoxy) is 3. The Morgan fingerprint density at radius 2 is 1.73 bits per heavy atom. The van der Waals surface area contributed by atoms with E-state index in [4.69, 9.17) is 14.2 Å². The van der Waals surface area contributed by atoms with E-state index < -0.39 is 53.5 Å². The zero-order valence-electron chi connectivity index (χ0n) is 15.1. The molecule has 0 aromatic carbocycles. The minimum absolute atomic E-state index is 0.211. The van der Waals surface area contributed by atoms with Gasteiger partial charge in [0.25, 0.3) is 0 Å². The molecule has 6 nitrogen and oxygen atoms in total. The van der Waals surface area contributed by atoms with Crippen LogP contribution in [0.15, 0.2) is 48.6 Å². The Labute approximate surface area is 152 Å². The minimum atomic E-state index is -0.899. The van der Waals surface area contributed by atoms with Gasteiger partial charge in [-0.3, -0.25) is 0 Å². The topological polar surface area (TPSA) is 78.9 Å². The average molecular weight is 358 g/mol. The maximum atomic E-state index is 12.4. The van der Waals surface area contributed by atoms with Gasteiger partial charge in [-0.1, -0.05) is 32.2 Å². The molecule has 2 aliphatic heterocycles. The normalized spacial score (nSPS) is 39.0. The van der Waals surface area contributed by atoms with E-state index in [2.05, 4.69) is 19.7 Å². The van der Waals surface area contributed by atoms with Crippen molar-refractivity contribution in [3.63, 3.8) is 0 Å². The van der Waals surface area contributed by atoms with Gasteiger partial charge in [0.2, 0.25) is 0 Å². The first-order chi connectivity index (χ1) is 12.2. The molecule has 2 saturated heterocycles. The van der Waals surface area contributed by atoms with Crippen LogP contribution in [0.3, 0.4) is 0 Å². The standard InChI is InChI=1S/C20H22O6/c1-7-9(3)17(21)26-16-15-12(10(4)18(22)25-15)14-13(20(16,6)8-2)11(5)19(23)24-14/h7-8,12-16H,2,4-5H2,1,3,6H3/b9-7+/t12-,13-,14-,15-,16+,20-/m1/s1. The third-order valence-corrected chi connectivity index (χ3v) is 5.84. The van der Waals surface area contributed by atoms with Gasteiger partial charge in [0.1, 0.15) is 12.2 Å². The quantitative estimate of drug-likeness (QED) is 0.333. The highest BCUT2D eigenvalue weighted by molar-refractivity contribution is 5.94. The number of fused-ring (bicyclic) bond motifs is 3. The predicted molar refractivity (Wildman–Crippen MR) is 92.6 cm³/mol. The third-order valence-electron chi connectivity index (χ3n) is 5.84. The van der Waals surface area contributed by atoms with Crippen molar-refractivity contribution in [3.8, 4) is 0 Å². The second-order valence-corrected chi connectivity index (χ2v) is 7.16. The number of rotatable bonds is 3. The van der Waals surface area contributed by atoms with Gasteiger partial charge in [-0.25, -0.2) is 14.4 Å². The van der Waals surface area contributed by atoms with E-state index in [0.717, 1.165) is 0 Å². The highest BCUT2D eigenvalue weighted by Gasteiger charge is 2.67. The van der Waals surface area contributed by atoms with Crippen LogP contribution in [0.1, 0.15) is 20.8 Å². The molecule has 26 heavy (non-hydrogen) atoms. The van der Waals surface area contributed by atoms with E-state index in [1.54, 1.807) is 32.9 Å². The fraction of sp³-hybridized carbons (Fsp3) is 0.450. The van der Waals surface area contributed by atoms with E-state index in [1.807, 2.05) is 0 Å². The van der Waals surface area contributed by atoms with Crippen LogP contribution in [0.25, 0.3) is 0 Å². The number of allylic oxidation sites excluding steroid dienone is 1. The van der Waals surface area contributed by atoms with Gasteiger partial charge >= 0.3 is 17.9 Å². The second kappa shape index (κ2) is 5.97. The molecule has 0 radical (unpaired) electrons. The van der Waals surface area contributed by atoms with Crippen molar-refractivity contribution in [2.24, 2.45) is 17.3 Å². The lowest BCUT2D eigenvalue weighted by molar-refractivity contribution is -0.188. The fourth-order valence-electron chi connectivity index (χ4n) is 4.14. The van der Waals surface area contributed by atoms with Crippen molar-refractivity contribution in [2.45, 2.75) is 39.1 Å². The fourth-order valence-corrected chi connectivity index (χ4v) is 4.14. The average Bonchev–Trinajstić information content (AvgIpc) is 3.07. The Bertz CT molecular complexity index is 775. The highest BCUT2D eigenvalue weighted by atomic mass is 16.6. The van der Waals surface area contributed by atoms with E-state index in [-0.39, 0.29) is 11.1 Å². The smallest absolute Gasteiger partial charge is 0.334 e. The molecule has 0 aromatic rings. The predicted octanol–water partition coefficient (Wildman–Crippen LogP) is 2.27. The van der Waals surface area contributed by atoms with Crippen LogP contribution in [0.2, 0.25) is 0 Å². The highest BCUT2D eigenvalue weighted by Crippen LogP contribution is 2.57. The number of carbonyl (C=O) groups excluding carboxylic acids is 3. The van der Waals surface area contributed by atoms with Crippen molar-refractivity contribution < 1.29 is 28.6 Å². The van der Waals surface area contributed by atoms with Gasteiger partial charge in [-0.15, -0.1) is 6.58 Å². The molecule has 0 bridgehead atoms. The van der Waals surface area contributed by atoms with Crippen molar-refractivity contribution in [1.82, 2.24) is 0 Å². The zero-order valence-corrected chi connectivity index (χ0v) is 15.1. The summed E-state index contributed by atoms with van der Waals surface area (Å²) in [7, 11) is 0. The van der Waals surface area contributed by atoms with Gasteiger partial charge in [0, 0.05) is 28.1 Å². The molecular weight excluding hydrogens is 336 g/mol. The lowest BCUT2D eigenvalue weighted by Gasteiger charge is -2.49. The molecule has 0 N–H and O–H groups in total. The maximum Gasteiger partial charge on any atom is 0.334 e. The molecule has 3 fully saturated rings. The Hall–Kier alpha value is -2.63. The van der Waals surface area contributed by atoms with Crippen LogP contribution in [0.5, 0.6) is 0 Å². The largest absolute Gasteiger partial charge is 0.458 e. The molecule has 2 heterocycles. The molecule has 6 atom stereocenters. The summed E-state index contributed by atoms with van der Waals surface area (Å²) < 4.78 is 16.7. The Balaban J connectivity index is 2.11. The molecule has 0 spiro atoms. The van der Waals surface area contributed by atoms with Crippen LogP contribution in [-0.4, -0.2) is 36.2 Å². The number of hydrogen-bond acceptors (Lipinski definition) is 6. The van der Waals surface area contributed by atoms with E-state index in [1.165, 1.54) is 0 Å². The molecular formula is C20H22O6. The summed E-state index contributed by atoms with van der Waals surface area (Å²) >= 11 is 0. The van der Waals surface area contributed by atoms with Crippen molar-refractivity contribution in [2.75, 3.05) is 0 Å². The van der Waals surface area contributed by atoms with Gasteiger partial charge in [0.05, 0.1) is 5.92 Å². The van der Waals surface area contributed by atoms with Gasteiger partial charge in [-0.2, -0.15) is 0 Å². The number of hydrogen-bond donors (Lipinski definition) is 0. The molecule has 0 amide bonds. The molecule has 0 aromatic heterocycles. The van der Waals surface area contributed by atoms with Crippen molar-refractivity contribution >= 4 is 17.9 Å². The molecule has 1 aliphatic carbocycles. The lowest BCUT2D eigenvalue weighted by atomic mass is 9.58. The first-order valence-corrected chi connectivity index (χ1v) is 8.44. The Morgan fingerprint density at radius 3 is 2.31 bits per heavy atom. The van der Waals surface area contributed by atoms with Crippen LogP contribution < -0.4 is 0 Å². The van der Waals surface area contributed by atoms with Crippen LogP contribution >= 0.6 is 0 Å². The Kier molecular flexibility index (Phi) is 4.17. The summed E-state index contributed by atoms with van der Waals surface area (Å²) in [5.74, 6) is -2.72. The molecule has 6 heteroatoms. The van der Waals surface area contributed by atoms with Gasteiger partial charge in [0.15, 0.2) is 6.10 Å². The molecule has 3 rings (SSSR count). The zero-order chi connectivity index (χ0) is 19.4. The minimum Gasteiger partial charge on any atom is -0.458 e. The first-order valence-electron chi connectivity index (χ1n) is 8.44. The molecule has 1 saturated carbocycles. The van der Waals surface area contributed by atoms with E-state index in [0.29, 0.717) is 5.57 Å². The summed E-state index contributed by atoms with van der Waals surface area (Å²) in [4.78, 5) is 36.8. The van der Waals surface area contributed by atoms with Gasteiger partial charge in [-0.05, 0) is 13.8 Å². The van der Waals surface area contributed by atoms with Crippen molar-refractivity contribution in [3.05, 3.63) is 48.6 Å². The van der Waals surface area contributed by atoms with Crippen LogP contribution in [-0.2, 0) is 28.6 Å². The molecule has 3 aliphatic rings. The third kappa shape index (κ3) is 2.28. The summed E-state index contributed by atoms with van der Waals surface area (Å²) in [6.45, 7) is 16.7. The number of carbonyl (C=O) groups is 3. The maximum absolute atomic E-state index is 12.4. The summed E-state index contributed by atoms with van der Waals surface area (Å²) in [6, 6.07) is 0. The monoisotopic (exact) mass is 358 g/mol. The van der Waals surface area contributed by atoms with E-state index >= 15 is 0 Å². The van der Waals surface area contributed by atoms with Crippen molar-refractivity contribution in [1.29, 1.82) is 0 Å². The van der Waals surface area contributed by atoms with Gasteiger partial charge < -0.3 is 14.2 Å². The molecule has 138 valence electrons. The summed E-state index contributed by atoms with van der Waals surface area (Å²) in [5.41, 5.74) is 0.00829. The molecule has 0 unspecified atom stereocenters. The Morgan fingerprint density at radius 1 is 1.15 bits per heavy atom. The summed E-state index contributed by atoms with van der Waals surface area (Å²) in [6.07, 6.45) is 0.956. The van der Waals surface area contributed by atoms with E-state index in [9.17, 15) is 14.4 Å². The van der Waals surface area contributed by atoms with Crippen LogP contribution in [0.4, 0.5) is 0 Å². The first kappa shape index (κ1) is 18.2. The van der Waals surface area contributed by atoms with Crippen LogP contribution in [0, 0.1) is 17.3 Å².